The fourth-order valence-corrected chi connectivity index (χ4v) is 0.473. The smallest absolute Gasteiger partial charge is 0.172 e. The van der Waals surface area contributed by atoms with Crippen molar-refractivity contribution in [2.24, 2.45) is 0 Å². The van der Waals surface area contributed by atoms with Crippen molar-refractivity contribution >= 4 is 0 Å². The first kappa shape index (κ1) is 9.79. The molecule has 0 nitrogen and oxygen atoms in total. The van der Waals surface area contributed by atoms with Crippen LogP contribution < -0.4 is 0 Å². The summed E-state index contributed by atoms with van der Waals surface area (Å²) in [5.74, 6) is 0. The van der Waals surface area contributed by atoms with Crippen LogP contribution in [-0.2, 0) is 0 Å². The second-order valence-corrected chi connectivity index (χ2v) is 3.16. The predicted molar refractivity (Wildman–Crippen MR) is 35.3 cm³/mol. The summed E-state index contributed by atoms with van der Waals surface area (Å²) in [5, 5.41) is 0. The molecule has 0 radical (unpaired) electrons. The Kier molecular flexibility index (Phi) is 2.39. The first-order valence-electron chi connectivity index (χ1n) is 3.21. The van der Waals surface area contributed by atoms with Crippen LogP contribution in [0.5, 0.6) is 0 Å². The SMILES string of the molecule is CC(F)C(C)(F)C(C)(C)F. The number of halogens is 3. The highest BCUT2D eigenvalue weighted by atomic mass is 19.2. The second kappa shape index (κ2) is 2.44. The van der Waals surface area contributed by atoms with Crippen LogP contribution in [0, 0.1) is 0 Å². The third kappa shape index (κ3) is 1.64. The Balaban J connectivity index is 4.40. The molecule has 0 aromatic heterocycles. The zero-order chi connectivity index (χ0) is 8.58. The molecule has 62 valence electrons. The number of rotatable bonds is 2. The number of hydrogen-bond donors (Lipinski definition) is 0. The van der Waals surface area contributed by atoms with Crippen molar-refractivity contribution in [3.05, 3.63) is 0 Å². The molecule has 2 atom stereocenters. The lowest BCUT2D eigenvalue weighted by molar-refractivity contribution is -0.0515. The van der Waals surface area contributed by atoms with Crippen LogP contribution in [0.4, 0.5) is 13.2 Å². The van der Waals surface area contributed by atoms with Gasteiger partial charge in [-0.05, 0) is 27.7 Å². The highest BCUT2D eigenvalue weighted by Gasteiger charge is 2.47. The fourth-order valence-electron chi connectivity index (χ4n) is 0.473. The van der Waals surface area contributed by atoms with E-state index in [9.17, 15) is 13.2 Å². The minimum absolute atomic E-state index is 0.928. The van der Waals surface area contributed by atoms with Crippen LogP contribution in [0.15, 0.2) is 0 Å². The molecular formula is C7H13F3. The Morgan fingerprint density at radius 2 is 1.40 bits per heavy atom. The molecule has 0 rings (SSSR count). The van der Waals surface area contributed by atoms with Gasteiger partial charge in [0.05, 0.1) is 0 Å². The summed E-state index contributed by atoms with van der Waals surface area (Å²) in [7, 11) is 0. The average molecular weight is 154 g/mol. The van der Waals surface area contributed by atoms with Crippen LogP contribution in [0.25, 0.3) is 0 Å². The molecule has 0 saturated carbocycles. The first-order chi connectivity index (χ1) is 4.19. The molecule has 0 aliphatic rings. The fraction of sp³-hybridized carbons (Fsp3) is 1.00. The average Bonchev–Trinajstić information content (AvgIpc) is 1.62. The van der Waals surface area contributed by atoms with Crippen LogP contribution in [0.1, 0.15) is 27.7 Å². The summed E-state index contributed by atoms with van der Waals surface area (Å²) in [6.45, 7) is 4.01. The molecule has 0 saturated heterocycles. The van der Waals surface area contributed by atoms with Gasteiger partial charge in [-0.25, -0.2) is 13.2 Å². The van der Waals surface area contributed by atoms with Gasteiger partial charge in [0.15, 0.2) is 5.67 Å². The standard InChI is InChI=1S/C7H13F3/c1-5(8)7(4,10)6(2,3)9/h5H,1-4H3. The predicted octanol–water partition coefficient (Wildman–Crippen LogP) is 2.82. The van der Waals surface area contributed by atoms with E-state index < -0.39 is 17.5 Å². The molecule has 0 bridgehead atoms. The molecule has 0 amide bonds. The molecule has 0 N–H and O–H groups in total. The molecule has 0 aromatic carbocycles. The number of hydrogen-bond acceptors (Lipinski definition) is 0. The third-order valence-electron chi connectivity index (χ3n) is 1.91. The number of alkyl halides is 3. The van der Waals surface area contributed by atoms with Crippen molar-refractivity contribution in [1.82, 2.24) is 0 Å². The van der Waals surface area contributed by atoms with Crippen molar-refractivity contribution in [2.75, 3.05) is 0 Å². The van der Waals surface area contributed by atoms with E-state index in [-0.39, 0.29) is 0 Å². The van der Waals surface area contributed by atoms with Gasteiger partial charge in [-0.1, -0.05) is 0 Å². The van der Waals surface area contributed by atoms with Crippen molar-refractivity contribution in [1.29, 1.82) is 0 Å². The van der Waals surface area contributed by atoms with E-state index in [1.807, 2.05) is 0 Å². The van der Waals surface area contributed by atoms with E-state index in [1.165, 1.54) is 0 Å². The molecule has 3 heteroatoms. The molecule has 0 heterocycles. The Hall–Kier alpha value is -0.210. The molecule has 0 aliphatic heterocycles. The summed E-state index contributed by atoms with van der Waals surface area (Å²) in [6.07, 6.45) is -1.78. The van der Waals surface area contributed by atoms with E-state index in [2.05, 4.69) is 0 Å². The van der Waals surface area contributed by atoms with Crippen LogP contribution in [-0.4, -0.2) is 17.5 Å². The maximum Gasteiger partial charge on any atom is 0.172 e. The lowest BCUT2D eigenvalue weighted by Crippen LogP contribution is -2.46. The maximum atomic E-state index is 13.0. The minimum atomic E-state index is -2.40. The van der Waals surface area contributed by atoms with Gasteiger partial charge in [-0.2, -0.15) is 0 Å². The molecule has 0 aliphatic carbocycles. The molecule has 2 unspecified atom stereocenters. The zero-order valence-electron chi connectivity index (χ0n) is 6.71. The van der Waals surface area contributed by atoms with Crippen LogP contribution >= 0.6 is 0 Å². The van der Waals surface area contributed by atoms with Gasteiger partial charge in [0.1, 0.15) is 11.8 Å². The molecular weight excluding hydrogens is 141 g/mol. The Bertz CT molecular complexity index is 111. The van der Waals surface area contributed by atoms with Gasteiger partial charge in [-0.15, -0.1) is 0 Å². The monoisotopic (exact) mass is 154 g/mol. The van der Waals surface area contributed by atoms with E-state index in [0.717, 1.165) is 27.7 Å². The summed E-state index contributed by atoms with van der Waals surface area (Å²) >= 11 is 0. The van der Waals surface area contributed by atoms with Crippen molar-refractivity contribution in [3.63, 3.8) is 0 Å². The zero-order valence-corrected chi connectivity index (χ0v) is 6.71. The summed E-state index contributed by atoms with van der Waals surface area (Å²) in [5.41, 5.74) is -4.52. The van der Waals surface area contributed by atoms with E-state index in [1.54, 1.807) is 0 Å². The molecule has 0 fully saturated rings. The topological polar surface area (TPSA) is 0 Å². The Morgan fingerprint density at radius 3 is 1.40 bits per heavy atom. The van der Waals surface area contributed by atoms with Crippen molar-refractivity contribution in [3.8, 4) is 0 Å². The molecule has 10 heavy (non-hydrogen) atoms. The van der Waals surface area contributed by atoms with Gasteiger partial charge in [0, 0.05) is 0 Å². The third-order valence-corrected chi connectivity index (χ3v) is 1.91. The second-order valence-electron chi connectivity index (χ2n) is 3.16. The molecule has 0 aromatic rings. The van der Waals surface area contributed by atoms with Gasteiger partial charge in [0.25, 0.3) is 0 Å². The van der Waals surface area contributed by atoms with Gasteiger partial charge in [-0.3, -0.25) is 0 Å². The van der Waals surface area contributed by atoms with Crippen molar-refractivity contribution < 1.29 is 13.2 Å². The highest BCUT2D eigenvalue weighted by Crippen LogP contribution is 2.34. The lowest BCUT2D eigenvalue weighted by Gasteiger charge is -2.31. The summed E-state index contributed by atoms with van der Waals surface area (Å²) in [6, 6.07) is 0. The minimum Gasteiger partial charge on any atom is -0.244 e. The first-order valence-corrected chi connectivity index (χ1v) is 3.21. The van der Waals surface area contributed by atoms with Crippen molar-refractivity contribution in [2.45, 2.75) is 45.2 Å². The Labute approximate surface area is 59.4 Å². The normalized spacial score (nSPS) is 21.9. The molecule has 0 spiro atoms. The van der Waals surface area contributed by atoms with E-state index in [4.69, 9.17) is 0 Å². The summed E-state index contributed by atoms with van der Waals surface area (Å²) in [4.78, 5) is 0. The van der Waals surface area contributed by atoms with Gasteiger partial charge in [0.2, 0.25) is 0 Å². The van der Waals surface area contributed by atoms with Gasteiger partial charge >= 0.3 is 0 Å². The van der Waals surface area contributed by atoms with Crippen LogP contribution in [0.2, 0.25) is 0 Å². The van der Waals surface area contributed by atoms with E-state index in [0.29, 0.717) is 0 Å². The Morgan fingerprint density at radius 1 is 1.10 bits per heavy atom. The summed E-state index contributed by atoms with van der Waals surface area (Å²) < 4.78 is 38.1. The maximum absolute atomic E-state index is 13.0. The largest absolute Gasteiger partial charge is 0.244 e. The quantitative estimate of drug-likeness (QED) is 0.573. The van der Waals surface area contributed by atoms with Gasteiger partial charge < -0.3 is 0 Å². The van der Waals surface area contributed by atoms with E-state index >= 15 is 0 Å². The lowest BCUT2D eigenvalue weighted by atomic mass is 9.88. The highest BCUT2D eigenvalue weighted by molar-refractivity contribution is 4.94. The van der Waals surface area contributed by atoms with Crippen LogP contribution in [0.3, 0.4) is 0 Å².